The third-order valence-electron chi connectivity index (χ3n) is 8.98. The van der Waals surface area contributed by atoms with Crippen molar-refractivity contribution in [1.82, 2.24) is 9.96 Å². The van der Waals surface area contributed by atoms with Crippen LogP contribution in [0.15, 0.2) is 59.1 Å². The lowest BCUT2D eigenvalue weighted by molar-refractivity contribution is -0.148. The lowest BCUT2D eigenvalue weighted by atomic mass is 9.58. The van der Waals surface area contributed by atoms with Gasteiger partial charge in [-0.15, -0.1) is 0 Å². The average Bonchev–Trinajstić information content (AvgIpc) is 2.95. The number of Topliss-reactive ketones (excluding diaryl/α,β-unsaturated/α-hetero) is 3. The van der Waals surface area contributed by atoms with E-state index in [1.807, 2.05) is 24.3 Å². The Bertz CT molecular complexity index is 1640. The maximum absolute atomic E-state index is 14.0. The monoisotopic (exact) mass is 605 g/mol. The van der Waals surface area contributed by atoms with Crippen molar-refractivity contribution in [3.05, 3.63) is 75.8 Å². The van der Waals surface area contributed by atoms with E-state index in [-0.39, 0.29) is 48.5 Å². The Morgan fingerprint density at radius 1 is 1.05 bits per heavy atom. The molecule has 0 radical (unpaired) electrons. The number of carbonyl (C=O) groups excluding carboxylic acids is 4. The van der Waals surface area contributed by atoms with Crippen molar-refractivity contribution in [3.63, 3.8) is 0 Å². The lowest BCUT2D eigenvalue weighted by Crippen LogP contribution is -2.63. The van der Waals surface area contributed by atoms with E-state index in [0.717, 1.165) is 11.1 Å². The van der Waals surface area contributed by atoms with Crippen molar-refractivity contribution >= 4 is 23.3 Å². The second kappa shape index (κ2) is 11.3. The van der Waals surface area contributed by atoms with Crippen molar-refractivity contribution in [1.29, 1.82) is 0 Å². The number of phenolic OH excluding ortho intramolecular Hbond substituents is 1. The molecule has 0 heterocycles. The average molecular weight is 606 g/mol. The molecule has 4 unspecified atom stereocenters. The third kappa shape index (κ3) is 4.80. The molecule has 2 aromatic carbocycles. The number of phenols is 1. The molecule has 44 heavy (non-hydrogen) atoms. The Kier molecular flexibility index (Phi) is 7.97. The zero-order chi connectivity index (χ0) is 32.2. The summed E-state index contributed by atoms with van der Waals surface area (Å²) in [5.74, 6) is -6.99. The smallest absolute Gasteiger partial charge is 0.255 e. The van der Waals surface area contributed by atoms with Crippen LogP contribution in [-0.2, 0) is 32.1 Å². The van der Waals surface area contributed by atoms with Crippen molar-refractivity contribution in [2.75, 3.05) is 34.8 Å². The molecule has 0 saturated carbocycles. The van der Waals surface area contributed by atoms with Gasteiger partial charge in [-0.3, -0.25) is 24.1 Å². The number of primary amides is 1. The second-order valence-corrected chi connectivity index (χ2v) is 11.8. The fourth-order valence-electron chi connectivity index (χ4n) is 6.92. The van der Waals surface area contributed by atoms with Crippen LogP contribution in [0.2, 0.25) is 0 Å². The van der Waals surface area contributed by atoms with E-state index in [4.69, 9.17) is 10.6 Å². The number of allylic oxidation sites excluding steroid dienone is 1. The molecular formula is C32H35N3O9. The van der Waals surface area contributed by atoms with Gasteiger partial charge < -0.3 is 31.0 Å². The highest BCUT2D eigenvalue weighted by Crippen LogP contribution is 2.53. The minimum Gasteiger partial charge on any atom is -0.510 e. The van der Waals surface area contributed by atoms with Gasteiger partial charge in [0.15, 0.2) is 17.2 Å². The highest BCUT2D eigenvalue weighted by molar-refractivity contribution is 6.24. The second-order valence-electron chi connectivity index (χ2n) is 11.8. The van der Waals surface area contributed by atoms with Crippen LogP contribution in [0.5, 0.6) is 5.75 Å². The van der Waals surface area contributed by atoms with Gasteiger partial charge in [-0.05, 0) is 61.2 Å². The number of hydrogen-bond donors (Lipinski definition) is 5. The van der Waals surface area contributed by atoms with Gasteiger partial charge in [-0.25, -0.2) is 0 Å². The van der Waals surface area contributed by atoms with E-state index >= 15 is 0 Å². The zero-order valence-electron chi connectivity index (χ0n) is 24.8. The maximum Gasteiger partial charge on any atom is 0.255 e. The summed E-state index contributed by atoms with van der Waals surface area (Å²) in [7, 11) is 6.30. The number of fused-ring (bicyclic) bond motifs is 3. The van der Waals surface area contributed by atoms with Gasteiger partial charge in [0.2, 0.25) is 5.78 Å². The molecular weight excluding hydrogens is 570 g/mol. The number of nitrogens with zero attached hydrogens (tertiary/aromatic N) is 2. The molecule has 5 rings (SSSR count). The number of rotatable bonds is 8. The van der Waals surface area contributed by atoms with Crippen LogP contribution < -0.4 is 5.73 Å². The maximum atomic E-state index is 14.0. The zero-order valence-corrected chi connectivity index (χ0v) is 24.8. The summed E-state index contributed by atoms with van der Waals surface area (Å²) in [6.45, 7) is 0.129. The normalized spacial score (nSPS) is 24.8. The van der Waals surface area contributed by atoms with Gasteiger partial charge in [0.1, 0.15) is 22.8 Å². The summed E-state index contributed by atoms with van der Waals surface area (Å²) in [4.78, 5) is 58.4. The first-order valence-corrected chi connectivity index (χ1v) is 14.1. The van der Waals surface area contributed by atoms with E-state index in [2.05, 4.69) is 0 Å². The SMILES string of the molecule is CON(C)CC(=O)Cc1ccc(-c2ccc(O)c3c2CC2CC4C(N(C)C)C(O)=C(C(N)=O)C(=O)C4(O)C(O)=C2C3=O)cc1. The molecule has 12 nitrogen and oxygen atoms in total. The molecule has 0 aromatic heterocycles. The number of nitrogens with two attached hydrogens (primary N) is 1. The molecule has 3 aliphatic carbocycles. The number of ketones is 3. The fourth-order valence-corrected chi connectivity index (χ4v) is 6.92. The third-order valence-corrected chi connectivity index (χ3v) is 8.98. The van der Waals surface area contributed by atoms with Gasteiger partial charge in [-0.1, -0.05) is 30.3 Å². The molecule has 3 aliphatic rings. The Labute approximate surface area is 253 Å². The molecule has 6 N–H and O–H groups in total. The van der Waals surface area contributed by atoms with E-state index in [1.54, 1.807) is 27.2 Å². The van der Waals surface area contributed by atoms with Crippen molar-refractivity contribution in [3.8, 4) is 16.9 Å². The van der Waals surface area contributed by atoms with E-state index in [1.165, 1.54) is 23.1 Å². The number of aliphatic hydroxyl groups is 3. The van der Waals surface area contributed by atoms with Crippen LogP contribution >= 0.6 is 0 Å². The van der Waals surface area contributed by atoms with Crippen LogP contribution in [0, 0.1) is 11.8 Å². The first-order chi connectivity index (χ1) is 20.7. The molecule has 2 aromatic rings. The Morgan fingerprint density at radius 2 is 1.70 bits per heavy atom. The highest BCUT2D eigenvalue weighted by atomic mass is 16.7. The van der Waals surface area contributed by atoms with Crippen LogP contribution in [0.3, 0.4) is 0 Å². The molecule has 12 heteroatoms. The Morgan fingerprint density at radius 3 is 2.30 bits per heavy atom. The van der Waals surface area contributed by atoms with E-state index < -0.39 is 58.0 Å². The van der Waals surface area contributed by atoms with Crippen LogP contribution in [0.25, 0.3) is 11.1 Å². The largest absolute Gasteiger partial charge is 0.510 e. The first-order valence-electron chi connectivity index (χ1n) is 14.1. The summed E-state index contributed by atoms with van der Waals surface area (Å²) in [5.41, 5.74) is 4.26. The van der Waals surface area contributed by atoms with Gasteiger partial charge in [0.25, 0.3) is 5.91 Å². The number of hydrogen-bond acceptors (Lipinski definition) is 11. The van der Waals surface area contributed by atoms with Crippen LogP contribution in [0.1, 0.15) is 27.9 Å². The van der Waals surface area contributed by atoms with Gasteiger partial charge in [-0.2, -0.15) is 5.06 Å². The number of amides is 1. The van der Waals surface area contributed by atoms with Gasteiger partial charge in [0.05, 0.1) is 25.3 Å². The summed E-state index contributed by atoms with van der Waals surface area (Å²) in [5, 5.41) is 46.4. The quantitative estimate of drug-likeness (QED) is 0.216. The number of carbonyl (C=O) groups is 4. The standard InChI is InChI=1S/C32H35N3O9/c1-34(2)26-21-13-17-12-20-19(16-7-5-15(6-8-16)11-18(36)14-35(3)44-4)9-10-22(37)24(20)27(38)23(17)29(40)32(21,43)30(41)25(28(26)39)31(33)42/h5-10,17,21,26,37,39-40,43H,11-14H2,1-4H3,(H2,33,42). The lowest BCUT2D eigenvalue weighted by Gasteiger charge is -2.50. The summed E-state index contributed by atoms with van der Waals surface area (Å²) in [6.07, 6.45) is 0.365. The van der Waals surface area contributed by atoms with Crippen molar-refractivity contribution in [2.24, 2.45) is 17.6 Å². The van der Waals surface area contributed by atoms with Crippen molar-refractivity contribution in [2.45, 2.75) is 30.9 Å². The predicted octanol–water partition coefficient (Wildman–Crippen LogP) is 1.39. The fraction of sp³-hybridized carbons (Fsp3) is 0.375. The highest BCUT2D eigenvalue weighted by Gasteiger charge is 2.63. The molecule has 232 valence electrons. The summed E-state index contributed by atoms with van der Waals surface area (Å²) in [6, 6.07) is 9.23. The summed E-state index contributed by atoms with van der Waals surface area (Å²) < 4.78 is 0. The van der Waals surface area contributed by atoms with E-state index in [0.29, 0.717) is 11.1 Å². The molecule has 0 spiro atoms. The van der Waals surface area contributed by atoms with Crippen LogP contribution in [0.4, 0.5) is 0 Å². The molecule has 0 aliphatic heterocycles. The Balaban J connectivity index is 1.56. The molecule has 1 amide bonds. The molecule has 0 saturated heterocycles. The molecule has 4 atom stereocenters. The number of aromatic hydroxyl groups is 1. The minimum atomic E-state index is -2.69. The topological polar surface area (TPSA) is 191 Å². The van der Waals surface area contributed by atoms with E-state index in [9.17, 15) is 39.6 Å². The summed E-state index contributed by atoms with van der Waals surface area (Å²) >= 11 is 0. The molecule has 0 bridgehead atoms. The predicted molar refractivity (Wildman–Crippen MR) is 157 cm³/mol. The first kappa shape index (κ1) is 31.1. The number of likely N-dealkylation sites (N-methyl/N-ethyl adjacent to an activating group) is 2. The minimum absolute atomic E-state index is 0.00215. The number of hydroxylamine groups is 2. The van der Waals surface area contributed by atoms with Crippen molar-refractivity contribution < 1.29 is 44.4 Å². The molecule has 0 fully saturated rings. The Hall–Kier alpha value is -4.36. The van der Waals surface area contributed by atoms with Gasteiger partial charge >= 0.3 is 0 Å². The van der Waals surface area contributed by atoms with Gasteiger partial charge in [0, 0.05) is 25.0 Å². The number of aliphatic hydroxyl groups excluding tert-OH is 2. The van der Waals surface area contributed by atoms with Crippen LogP contribution in [-0.4, -0.2) is 100 Å². The number of benzene rings is 2.